The summed E-state index contributed by atoms with van der Waals surface area (Å²) in [6.45, 7) is 0.485. The summed E-state index contributed by atoms with van der Waals surface area (Å²) in [6, 6.07) is 17.0. The van der Waals surface area contributed by atoms with Gasteiger partial charge in [-0.2, -0.15) is 0 Å². The lowest BCUT2D eigenvalue weighted by Gasteiger charge is -2.34. The maximum atomic E-state index is 11.7. The van der Waals surface area contributed by atoms with E-state index < -0.39 is 12.0 Å². The maximum absolute atomic E-state index is 11.7. The molecule has 0 radical (unpaired) electrons. The van der Waals surface area contributed by atoms with Crippen LogP contribution in [0.25, 0.3) is 0 Å². The average molecular weight is 325 g/mol. The Hall–Kier alpha value is -2.82. The third kappa shape index (κ3) is 3.56. The number of hydrogen-bond acceptors (Lipinski definition) is 4. The molecule has 0 saturated carbocycles. The van der Waals surface area contributed by atoms with Gasteiger partial charge in [-0.25, -0.2) is 4.79 Å². The quantitative estimate of drug-likeness (QED) is 0.652. The van der Waals surface area contributed by atoms with Gasteiger partial charge in [-0.05, 0) is 29.7 Å². The largest absolute Gasteiger partial charge is 0.489 e. The monoisotopic (exact) mass is 325 g/mol. The molecule has 2 atom stereocenters. The summed E-state index contributed by atoms with van der Waals surface area (Å²) in [5, 5.41) is 2.58. The Morgan fingerprint density at radius 2 is 1.83 bits per heavy atom. The molecule has 1 aliphatic rings. The van der Waals surface area contributed by atoms with Gasteiger partial charge in [0.1, 0.15) is 18.4 Å². The van der Waals surface area contributed by atoms with Gasteiger partial charge in [0.15, 0.2) is 0 Å². The molecule has 1 N–H and O–H groups in total. The van der Waals surface area contributed by atoms with Gasteiger partial charge >= 0.3 is 5.97 Å². The van der Waals surface area contributed by atoms with Crippen LogP contribution in [0.1, 0.15) is 11.1 Å². The number of nitrogens with one attached hydrogen (secondary N) is 1. The number of methoxy groups -OCH3 is 1. The predicted octanol–water partition coefficient (Wildman–Crippen LogP) is 2.10. The smallest absolute Gasteiger partial charge is 0.329 e. The molecule has 1 amide bonds. The van der Waals surface area contributed by atoms with Crippen LogP contribution in [0.3, 0.4) is 0 Å². The molecule has 1 fully saturated rings. The van der Waals surface area contributed by atoms with Crippen molar-refractivity contribution in [3.63, 3.8) is 0 Å². The first-order valence-electron chi connectivity index (χ1n) is 7.81. The number of carbonyl (C=O) groups excluding carboxylic acids is 2. The Balaban J connectivity index is 1.63. The summed E-state index contributed by atoms with van der Waals surface area (Å²) in [5.41, 5.74) is 2.04. The van der Waals surface area contributed by atoms with E-state index in [2.05, 4.69) is 5.32 Å². The molecule has 24 heavy (non-hydrogen) atoms. The van der Waals surface area contributed by atoms with Gasteiger partial charge in [-0.15, -0.1) is 0 Å². The minimum atomic E-state index is -0.559. The van der Waals surface area contributed by atoms with Crippen LogP contribution in [0.2, 0.25) is 0 Å². The van der Waals surface area contributed by atoms with Gasteiger partial charge in [-0.1, -0.05) is 42.5 Å². The topological polar surface area (TPSA) is 64.6 Å². The third-order valence-corrected chi connectivity index (χ3v) is 4.09. The van der Waals surface area contributed by atoms with Crippen LogP contribution in [0.15, 0.2) is 54.6 Å². The maximum Gasteiger partial charge on any atom is 0.329 e. The first kappa shape index (κ1) is 16.1. The van der Waals surface area contributed by atoms with Crippen LogP contribution < -0.4 is 10.1 Å². The van der Waals surface area contributed by atoms with Gasteiger partial charge in [0.25, 0.3) is 0 Å². The van der Waals surface area contributed by atoms with E-state index in [-0.39, 0.29) is 11.8 Å². The van der Waals surface area contributed by atoms with E-state index in [0.717, 1.165) is 16.9 Å². The van der Waals surface area contributed by atoms with E-state index in [1.54, 1.807) is 0 Å². The molecule has 3 rings (SSSR count). The van der Waals surface area contributed by atoms with Crippen molar-refractivity contribution in [2.75, 3.05) is 7.11 Å². The van der Waals surface area contributed by atoms with Crippen LogP contribution in [0, 0.1) is 5.92 Å². The Labute approximate surface area is 140 Å². The second-order valence-electron chi connectivity index (χ2n) is 5.74. The van der Waals surface area contributed by atoms with Gasteiger partial charge in [0.05, 0.1) is 13.0 Å². The van der Waals surface area contributed by atoms with Crippen molar-refractivity contribution in [3.05, 3.63) is 65.7 Å². The standard InChI is InChI=1S/C19H19NO4/c1-23-19(22)17-16(18(21)20-17)11-14-8-5-9-15(10-14)24-12-13-6-3-2-4-7-13/h2-10,16-17H,11-12H2,1H3,(H,20,21)/t16-,17-/m0/s1. The zero-order valence-electron chi connectivity index (χ0n) is 13.4. The number of carbonyl (C=O) groups is 2. The second-order valence-corrected chi connectivity index (χ2v) is 5.74. The molecule has 0 aromatic heterocycles. The van der Waals surface area contributed by atoms with Gasteiger partial charge < -0.3 is 14.8 Å². The highest BCUT2D eigenvalue weighted by Gasteiger charge is 2.44. The Kier molecular flexibility index (Phi) is 4.79. The summed E-state index contributed by atoms with van der Waals surface area (Å²) in [4.78, 5) is 23.3. The summed E-state index contributed by atoms with van der Waals surface area (Å²) >= 11 is 0. The number of esters is 1. The molecular formula is C19H19NO4. The molecular weight excluding hydrogens is 306 g/mol. The summed E-state index contributed by atoms with van der Waals surface area (Å²) in [5.74, 6) is -0.176. The van der Waals surface area contributed by atoms with Crippen molar-refractivity contribution >= 4 is 11.9 Å². The van der Waals surface area contributed by atoms with Gasteiger partial charge in [0.2, 0.25) is 5.91 Å². The molecule has 0 aliphatic carbocycles. The molecule has 1 saturated heterocycles. The van der Waals surface area contributed by atoms with E-state index >= 15 is 0 Å². The molecule has 2 aromatic rings. The van der Waals surface area contributed by atoms with Crippen molar-refractivity contribution in [2.24, 2.45) is 5.92 Å². The highest BCUT2D eigenvalue weighted by molar-refractivity contribution is 5.97. The van der Waals surface area contributed by atoms with Gasteiger partial charge in [-0.3, -0.25) is 4.79 Å². The zero-order valence-corrected chi connectivity index (χ0v) is 13.4. The normalized spacial score (nSPS) is 19.1. The fourth-order valence-corrected chi connectivity index (χ4v) is 2.73. The molecule has 0 bridgehead atoms. The summed E-state index contributed by atoms with van der Waals surface area (Å²) in [7, 11) is 1.32. The van der Waals surface area contributed by atoms with Crippen LogP contribution in [0.4, 0.5) is 0 Å². The number of hydrogen-bond donors (Lipinski definition) is 1. The SMILES string of the molecule is COC(=O)[C@H]1NC(=O)[C@H]1Cc1cccc(OCc2ccccc2)c1. The highest BCUT2D eigenvalue weighted by Crippen LogP contribution is 2.24. The van der Waals surface area contributed by atoms with Crippen molar-refractivity contribution in [1.82, 2.24) is 5.32 Å². The van der Waals surface area contributed by atoms with E-state index in [9.17, 15) is 9.59 Å². The molecule has 1 heterocycles. The molecule has 5 heteroatoms. The zero-order chi connectivity index (χ0) is 16.9. The van der Waals surface area contributed by atoms with Crippen LogP contribution >= 0.6 is 0 Å². The average Bonchev–Trinajstić information content (AvgIpc) is 2.63. The lowest BCUT2D eigenvalue weighted by atomic mass is 9.85. The Morgan fingerprint density at radius 3 is 2.54 bits per heavy atom. The Bertz CT molecular complexity index is 729. The van der Waals surface area contributed by atoms with E-state index in [0.29, 0.717) is 13.0 Å². The van der Waals surface area contributed by atoms with Crippen LogP contribution in [-0.2, 0) is 27.4 Å². The summed E-state index contributed by atoms with van der Waals surface area (Å²) < 4.78 is 10.5. The van der Waals surface area contributed by atoms with Crippen molar-refractivity contribution in [3.8, 4) is 5.75 Å². The lowest BCUT2D eigenvalue weighted by molar-refractivity contribution is -0.155. The van der Waals surface area contributed by atoms with E-state index in [4.69, 9.17) is 9.47 Å². The Morgan fingerprint density at radius 1 is 1.08 bits per heavy atom. The molecule has 0 unspecified atom stereocenters. The highest BCUT2D eigenvalue weighted by atomic mass is 16.5. The number of rotatable bonds is 6. The molecule has 0 spiro atoms. The third-order valence-electron chi connectivity index (χ3n) is 4.09. The predicted molar refractivity (Wildman–Crippen MR) is 88.4 cm³/mol. The minimum absolute atomic E-state index is 0.124. The van der Waals surface area contributed by atoms with Crippen molar-refractivity contribution < 1.29 is 19.1 Å². The number of amides is 1. The fraction of sp³-hybridized carbons (Fsp3) is 0.263. The molecule has 2 aromatic carbocycles. The first-order chi connectivity index (χ1) is 11.7. The number of ether oxygens (including phenoxy) is 2. The first-order valence-corrected chi connectivity index (χ1v) is 7.81. The minimum Gasteiger partial charge on any atom is -0.489 e. The van der Waals surface area contributed by atoms with Gasteiger partial charge in [0, 0.05) is 0 Å². The van der Waals surface area contributed by atoms with E-state index in [1.807, 2.05) is 54.6 Å². The lowest BCUT2D eigenvalue weighted by Crippen LogP contribution is -2.62. The van der Waals surface area contributed by atoms with Crippen molar-refractivity contribution in [1.29, 1.82) is 0 Å². The molecule has 1 aliphatic heterocycles. The fourth-order valence-electron chi connectivity index (χ4n) is 2.73. The molecule has 5 nitrogen and oxygen atoms in total. The van der Waals surface area contributed by atoms with E-state index in [1.165, 1.54) is 7.11 Å². The van der Waals surface area contributed by atoms with Crippen LogP contribution in [-0.4, -0.2) is 25.0 Å². The summed E-state index contributed by atoms with van der Waals surface area (Å²) in [6.07, 6.45) is 0.480. The number of benzene rings is 2. The second kappa shape index (κ2) is 7.17. The van der Waals surface area contributed by atoms with Crippen LogP contribution in [0.5, 0.6) is 5.75 Å². The number of β-lactam (4-membered cyclic amide) rings is 1. The molecule has 124 valence electrons. The van der Waals surface area contributed by atoms with Crippen molar-refractivity contribution in [2.45, 2.75) is 19.1 Å².